The highest BCUT2D eigenvalue weighted by atomic mass is 35.5. The van der Waals surface area contributed by atoms with Crippen molar-refractivity contribution in [1.29, 1.82) is 5.26 Å². The van der Waals surface area contributed by atoms with Gasteiger partial charge in [0.1, 0.15) is 22.3 Å². The van der Waals surface area contributed by atoms with E-state index in [-0.39, 0.29) is 22.0 Å². The van der Waals surface area contributed by atoms with E-state index in [0.29, 0.717) is 22.0 Å². The summed E-state index contributed by atoms with van der Waals surface area (Å²) >= 11 is 6.15. The molecule has 0 aliphatic carbocycles. The molecule has 10 heteroatoms. The minimum atomic E-state index is -4.15. The van der Waals surface area contributed by atoms with Crippen molar-refractivity contribution in [1.82, 2.24) is 0 Å². The van der Waals surface area contributed by atoms with Gasteiger partial charge in [-0.15, -0.1) is 0 Å². The SMILES string of the molecule is COc1ccc(S(=O)(=O)Oc2ccc(/C=C(\C#N)C(=O)Nc3c(C)cccc3Cl)cc2OC)cc1. The van der Waals surface area contributed by atoms with Crippen LogP contribution in [0.1, 0.15) is 11.1 Å². The van der Waals surface area contributed by atoms with Crippen LogP contribution < -0.4 is 19.0 Å². The van der Waals surface area contributed by atoms with E-state index in [1.165, 1.54) is 62.8 Å². The predicted molar refractivity (Wildman–Crippen MR) is 132 cm³/mol. The third kappa shape index (κ3) is 6.12. The van der Waals surface area contributed by atoms with Gasteiger partial charge in [-0.2, -0.15) is 13.7 Å². The first-order valence-electron chi connectivity index (χ1n) is 10.1. The molecule has 0 spiro atoms. The molecule has 0 bridgehead atoms. The first-order valence-corrected chi connectivity index (χ1v) is 11.9. The molecule has 0 atom stereocenters. The third-order valence-electron chi connectivity index (χ3n) is 4.87. The lowest BCUT2D eigenvalue weighted by Gasteiger charge is -2.12. The zero-order valence-electron chi connectivity index (χ0n) is 19.0. The first-order chi connectivity index (χ1) is 16.7. The number of aryl methyl sites for hydroxylation is 1. The molecule has 0 unspecified atom stereocenters. The van der Waals surface area contributed by atoms with Gasteiger partial charge in [0.15, 0.2) is 11.5 Å². The number of hydrogen-bond acceptors (Lipinski definition) is 7. The Bertz CT molecular complexity index is 1410. The summed E-state index contributed by atoms with van der Waals surface area (Å²) in [5.41, 5.74) is 1.37. The molecule has 0 aliphatic heterocycles. The molecule has 0 saturated heterocycles. The van der Waals surface area contributed by atoms with Crippen molar-refractivity contribution in [2.75, 3.05) is 19.5 Å². The highest BCUT2D eigenvalue weighted by Crippen LogP contribution is 2.32. The summed E-state index contributed by atoms with van der Waals surface area (Å²) < 4.78 is 40.9. The smallest absolute Gasteiger partial charge is 0.339 e. The minimum Gasteiger partial charge on any atom is -0.497 e. The van der Waals surface area contributed by atoms with E-state index in [1.54, 1.807) is 25.1 Å². The first kappa shape index (κ1) is 25.6. The van der Waals surface area contributed by atoms with Crippen LogP contribution >= 0.6 is 11.6 Å². The lowest BCUT2D eigenvalue weighted by Crippen LogP contribution is -2.14. The van der Waals surface area contributed by atoms with Crippen LogP contribution in [0.5, 0.6) is 17.2 Å². The summed E-state index contributed by atoms with van der Waals surface area (Å²) in [7, 11) is -1.33. The fraction of sp³-hybridized carbons (Fsp3) is 0.120. The second kappa shape index (κ2) is 11.0. The Hall–Kier alpha value is -4.00. The Morgan fingerprint density at radius 3 is 2.34 bits per heavy atom. The van der Waals surface area contributed by atoms with Gasteiger partial charge >= 0.3 is 10.1 Å². The van der Waals surface area contributed by atoms with Crippen molar-refractivity contribution in [3.8, 4) is 23.3 Å². The molecule has 1 amide bonds. The number of anilines is 1. The lowest BCUT2D eigenvalue weighted by atomic mass is 10.1. The van der Waals surface area contributed by atoms with Crippen LogP contribution in [0.2, 0.25) is 5.02 Å². The molecule has 3 aromatic rings. The fourth-order valence-electron chi connectivity index (χ4n) is 3.04. The number of nitrogens with one attached hydrogen (secondary N) is 1. The number of nitrogens with zero attached hydrogens (tertiary/aromatic N) is 1. The van der Waals surface area contributed by atoms with Crippen LogP contribution in [0, 0.1) is 18.3 Å². The number of amides is 1. The van der Waals surface area contributed by atoms with Crippen molar-refractivity contribution < 1.29 is 26.9 Å². The summed E-state index contributed by atoms with van der Waals surface area (Å²) in [6, 6.07) is 17.0. The number of hydrogen-bond donors (Lipinski definition) is 1. The Morgan fingerprint density at radius 1 is 1.03 bits per heavy atom. The number of carbonyl (C=O) groups excluding carboxylic acids is 1. The fourth-order valence-corrected chi connectivity index (χ4v) is 4.25. The highest BCUT2D eigenvalue weighted by Gasteiger charge is 2.20. The number of methoxy groups -OCH3 is 2. The van der Waals surface area contributed by atoms with Crippen LogP contribution in [-0.4, -0.2) is 28.5 Å². The van der Waals surface area contributed by atoms with E-state index in [9.17, 15) is 18.5 Å². The molecule has 3 aromatic carbocycles. The number of nitriles is 1. The maximum atomic E-state index is 12.7. The van der Waals surface area contributed by atoms with E-state index in [0.717, 1.165) is 5.56 Å². The predicted octanol–water partition coefficient (Wildman–Crippen LogP) is 4.98. The number of para-hydroxylation sites is 1. The second-order valence-electron chi connectivity index (χ2n) is 7.18. The van der Waals surface area contributed by atoms with Crippen molar-refractivity contribution in [3.05, 3.63) is 82.4 Å². The quantitative estimate of drug-likeness (QED) is 0.257. The molecule has 0 aromatic heterocycles. The Kier molecular flexibility index (Phi) is 8.02. The summed E-state index contributed by atoms with van der Waals surface area (Å²) in [6.45, 7) is 1.78. The molecule has 0 heterocycles. The van der Waals surface area contributed by atoms with Gasteiger partial charge in [-0.1, -0.05) is 29.8 Å². The molecule has 1 N–H and O–H groups in total. The number of halogens is 1. The van der Waals surface area contributed by atoms with Gasteiger partial charge in [0.05, 0.1) is 24.9 Å². The summed E-state index contributed by atoms with van der Waals surface area (Å²) in [6.07, 6.45) is 1.34. The van der Waals surface area contributed by atoms with Gasteiger partial charge in [0.25, 0.3) is 5.91 Å². The zero-order valence-corrected chi connectivity index (χ0v) is 20.6. The van der Waals surface area contributed by atoms with Gasteiger partial charge in [0.2, 0.25) is 0 Å². The molecule has 35 heavy (non-hydrogen) atoms. The van der Waals surface area contributed by atoms with E-state index in [2.05, 4.69) is 5.32 Å². The normalized spacial score (nSPS) is 11.3. The van der Waals surface area contributed by atoms with Crippen molar-refractivity contribution in [2.45, 2.75) is 11.8 Å². The maximum Gasteiger partial charge on any atom is 0.339 e. The van der Waals surface area contributed by atoms with E-state index in [1.807, 2.05) is 6.07 Å². The summed E-state index contributed by atoms with van der Waals surface area (Å²) in [4.78, 5) is 12.6. The Labute approximate surface area is 208 Å². The van der Waals surface area contributed by atoms with Crippen LogP contribution in [0.25, 0.3) is 6.08 Å². The maximum absolute atomic E-state index is 12.7. The Balaban J connectivity index is 1.86. The minimum absolute atomic E-state index is 0.0601. The molecule has 0 radical (unpaired) electrons. The molecule has 8 nitrogen and oxygen atoms in total. The summed E-state index contributed by atoms with van der Waals surface area (Å²) in [5.74, 6) is -0.115. The molecule has 3 rings (SSSR count). The van der Waals surface area contributed by atoms with Crippen molar-refractivity contribution in [3.63, 3.8) is 0 Å². The van der Waals surface area contributed by atoms with Crippen LogP contribution in [0.15, 0.2) is 71.1 Å². The Morgan fingerprint density at radius 2 is 1.74 bits per heavy atom. The van der Waals surface area contributed by atoms with E-state index in [4.69, 9.17) is 25.3 Å². The van der Waals surface area contributed by atoms with Crippen LogP contribution in [0.4, 0.5) is 5.69 Å². The number of benzene rings is 3. The molecular formula is C25H21ClN2O6S. The van der Waals surface area contributed by atoms with Gasteiger partial charge in [-0.3, -0.25) is 4.79 Å². The summed E-state index contributed by atoms with van der Waals surface area (Å²) in [5, 5.41) is 12.5. The average Bonchev–Trinajstić information content (AvgIpc) is 2.85. The molecule has 180 valence electrons. The van der Waals surface area contributed by atoms with Crippen LogP contribution in [-0.2, 0) is 14.9 Å². The third-order valence-corrected chi connectivity index (χ3v) is 6.44. The standard InChI is InChI=1S/C25H21ClN2O6S/c1-16-5-4-6-21(26)24(16)28-25(29)18(15-27)13-17-7-12-22(23(14-17)33-3)34-35(30,31)20-10-8-19(32-2)9-11-20/h4-14H,1-3H3,(H,28,29)/b18-13+. The molecule has 0 aliphatic rings. The topological polar surface area (TPSA) is 115 Å². The molecular weight excluding hydrogens is 492 g/mol. The highest BCUT2D eigenvalue weighted by molar-refractivity contribution is 7.87. The van der Waals surface area contributed by atoms with Gasteiger partial charge in [-0.25, -0.2) is 0 Å². The van der Waals surface area contributed by atoms with Crippen LogP contribution in [0.3, 0.4) is 0 Å². The van der Waals surface area contributed by atoms with Gasteiger partial charge in [-0.05, 0) is 66.6 Å². The number of ether oxygens (including phenoxy) is 2. The monoisotopic (exact) mass is 512 g/mol. The van der Waals surface area contributed by atoms with Crippen molar-refractivity contribution >= 4 is 39.4 Å². The largest absolute Gasteiger partial charge is 0.497 e. The average molecular weight is 513 g/mol. The van der Waals surface area contributed by atoms with Gasteiger partial charge < -0.3 is 19.0 Å². The lowest BCUT2D eigenvalue weighted by molar-refractivity contribution is -0.112. The molecule has 0 fully saturated rings. The zero-order chi connectivity index (χ0) is 25.6. The van der Waals surface area contributed by atoms with Gasteiger partial charge in [0, 0.05) is 0 Å². The van der Waals surface area contributed by atoms with E-state index >= 15 is 0 Å². The second-order valence-corrected chi connectivity index (χ2v) is 9.13. The number of carbonyl (C=O) groups is 1. The molecule has 0 saturated carbocycles. The number of rotatable bonds is 8. The van der Waals surface area contributed by atoms with Crippen molar-refractivity contribution in [2.24, 2.45) is 0 Å². The van der Waals surface area contributed by atoms with E-state index < -0.39 is 16.0 Å².